The first-order valence-electron chi connectivity index (χ1n) is 5.64. The Morgan fingerprint density at radius 3 is 2.53 bits per heavy atom. The Morgan fingerprint density at radius 1 is 1.32 bits per heavy atom. The van der Waals surface area contributed by atoms with E-state index in [4.69, 9.17) is 0 Å². The van der Waals surface area contributed by atoms with Gasteiger partial charge in [-0.25, -0.2) is 8.78 Å². The van der Waals surface area contributed by atoms with Gasteiger partial charge in [-0.05, 0) is 13.3 Å². The lowest BCUT2D eigenvalue weighted by atomic mass is 10.1. The topological polar surface area (TPSA) is 46.4 Å². The number of anilines is 1. The summed E-state index contributed by atoms with van der Waals surface area (Å²) in [5, 5.41) is 10.5. The first-order valence-corrected chi connectivity index (χ1v) is 5.64. The Bertz CT molecular complexity index is 573. The van der Waals surface area contributed by atoms with Crippen LogP contribution >= 0.6 is 0 Å². The lowest BCUT2D eigenvalue weighted by Crippen LogP contribution is -2.30. The van der Waals surface area contributed by atoms with Crippen LogP contribution in [0.25, 0.3) is 0 Å². The van der Waals surface area contributed by atoms with Gasteiger partial charge in [0.05, 0.1) is 11.0 Å². The van der Waals surface area contributed by atoms with Gasteiger partial charge in [0.25, 0.3) is 0 Å². The SMILES string of the molecule is CC1=CCN(c2c(F)cc([N+](=O)[O-])c(F)c2F)CC1. The number of benzene rings is 1. The van der Waals surface area contributed by atoms with E-state index in [-0.39, 0.29) is 6.54 Å². The van der Waals surface area contributed by atoms with Crippen molar-refractivity contribution in [3.05, 3.63) is 45.3 Å². The van der Waals surface area contributed by atoms with Crippen LogP contribution in [-0.4, -0.2) is 18.0 Å². The van der Waals surface area contributed by atoms with E-state index in [9.17, 15) is 23.3 Å². The monoisotopic (exact) mass is 272 g/mol. The summed E-state index contributed by atoms with van der Waals surface area (Å²) in [6, 6.07) is 0.416. The number of rotatable bonds is 2. The van der Waals surface area contributed by atoms with Gasteiger partial charge in [-0.1, -0.05) is 11.6 Å². The summed E-state index contributed by atoms with van der Waals surface area (Å²) in [6.07, 6.45) is 2.39. The van der Waals surface area contributed by atoms with Crippen molar-refractivity contribution in [3.63, 3.8) is 0 Å². The minimum absolute atomic E-state index is 0.247. The smallest absolute Gasteiger partial charge is 0.310 e. The number of nitro benzene ring substituents is 1. The first-order chi connectivity index (χ1) is 8.91. The Kier molecular flexibility index (Phi) is 3.46. The molecule has 0 N–H and O–H groups in total. The van der Waals surface area contributed by atoms with Crippen LogP contribution in [0.15, 0.2) is 17.7 Å². The van der Waals surface area contributed by atoms with Crippen LogP contribution in [0.1, 0.15) is 13.3 Å². The number of nitro groups is 1. The van der Waals surface area contributed by atoms with E-state index < -0.39 is 33.7 Å². The van der Waals surface area contributed by atoms with Crippen LogP contribution < -0.4 is 4.90 Å². The summed E-state index contributed by atoms with van der Waals surface area (Å²) in [6.45, 7) is 2.48. The fourth-order valence-electron chi connectivity index (χ4n) is 1.97. The van der Waals surface area contributed by atoms with E-state index in [0.717, 1.165) is 5.57 Å². The van der Waals surface area contributed by atoms with Crippen LogP contribution in [0.3, 0.4) is 0 Å². The molecule has 0 aromatic heterocycles. The molecule has 0 unspecified atom stereocenters. The predicted octanol–water partition coefficient (Wildman–Crippen LogP) is 3.17. The lowest BCUT2D eigenvalue weighted by molar-refractivity contribution is -0.388. The van der Waals surface area contributed by atoms with Crippen molar-refractivity contribution in [2.24, 2.45) is 0 Å². The van der Waals surface area contributed by atoms with Gasteiger partial charge in [-0.2, -0.15) is 4.39 Å². The minimum Gasteiger partial charge on any atom is -0.363 e. The zero-order chi connectivity index (χ0) is 14.2. The summed E-state index contributed by atoms with van der Waals surface area (Å²) in [5.41, 5.74) is -0.659. The van der Waals surface area contributed by atoms with Crippen LogP contribution in [0.5, 0.6) is 0 Å². The molecule has 1 aromatic carbocycles. The van der Waals surface area contributed by atoms with Crippen LogP contribution in [0, 0.1) is 27.6 Å². The molecule has 2 rings (SSSR count). The van der Waals surface area contributed by atoms with E-state index in [1.807, 2.05) is 6.92 Å². The highest BCUT2D eigenvalue weighted by molar-refractivity contribution is 5.55. The number of hydrogen-bond acceptors (Lipinski definition) is 3. The molecule has 0 saturated heterocycles. The molecular weight excluding hydrogens is 261 g/mol. The van der Waals surface area contributed by atoms with Crippen LogP contribution in [0.4, 0.5) is 24.5 Å². The third-order valence-electron chi connectivity index (χ3n) is 3.06. The van der Waals surface area contributed by atoms with Crippen molar-refractivity contribution >= 4 is 11.4 Å². The van der Waals surface area contributed by atoms with Crippen molar-refractivity contribution < 1.29 is 18.1 Å². The van der Waals surface area contributed by atoms with Gasteiger partial charge in [0, 0.05) is 13.1 Å². The molecule has 0 radical (unpaired) electrons. The van der Waals surface area contributed by atoms with E-state index >= 15 is 0 Å². The average molecular weight is 272 g/mol. The molecule has 4 nitrogen and oxygen atoms in total. The molecule has 0 aliphatic carbocycles. The molecule has 102 valence electrons. The van der Waals surface area contributed by atoms with Crippen molar-refractivity contribution in [2.75, 3.05) is 18.0 Å². The standard InChI is InChI=1S/C12H11F3N2O2/c1-7-2-4-16(5-3-7)12-8(13)6-9(17(18)19)10(14)11(12)15/h2,6H,3-5H2,1H3. The van der Waals surface area contributed by atoms with Gasteiger partial charge >= 0.3 is 5.69 Å². The molecule has 1 aliphatic heterocycles. The molecule has 0 amide bonds. The zero-order valence-corrected chi connectivity index (χ0v) is 10.1. The zero-order valence-electron chi connectivity index (χ0n) is 10.1. The number of halogens is 3. The second-order valence-electron chi connectivity index (χ2n) is 4.36. The highest BCUT2D eigenvalue weighted by Gasteiger charge is 2.28. The summed E-state index contributed by atoms with van der Waals surface area (Å²) >= 11 is 0. The first kappa shape index (κ1) is 13.4. The van der Waals surface area contributed by atoms with Gasteiger partial charge in [0.1, 0.15) is 5.69 Å². The second-order valence-corrected chi connectivity index (χ2v) is 4.36. The maximum Gasteiger partial charge on any atom is 0.310 e. The fourth-order valence-corrected chi connectivity index (χ4v) is 1.97. The normalized spacial score (nSPS) is 15.4. The maximum atomic E-state index is 13.8. The molecular formula is C12H11F3N2O2. The third kappa shape index (κ3) is 2.40. The Labute approximate surface area is 107 Å². The minimum atomic E-state index is -1.63. The quantitative estimate of drug-likeness (QED) is 0.359. The van der Waals surface area contributed by atoms with Crippen LogP contribution in [0.2, 0.25) is 0 Å². The molecule has 0 spiro atoms. The summed E-state index contributed by atoms with van der Waals surface area (Å²) in [7, 11) is 0. The summed E-state index contributed by atoms with van der Waals surface area (Å²) < 4.78 is 41.0. The summed E-state index contributed by atoms with van der Waals surface area (Å²) in [5.74, 6) is -4.27. The van der Waals surface area contributed by atoms with Gasteiger partial charge in [-0.3, -0.25) is 10.1 Å². The Hall–Kier alpha value is -2.05. The van der Waals surface area contributed by atoms with Crippen molar-refractivity contribution in [1.82, 2.24) is 0 Å². The molecule has 1 aliphatic rings. The summed E-state index contributed by atoms with van der Waals surface area (Å²) in [4.78, 5) is 10.6. The molecule has 7 heteroatoms. The highest BCUT2D eigenvalue weighted by Crippen LogP contribution is 2.32. The van der Waals surface area contributed by atoms with Gasteiger partial charge in [0.15, 0.2) is 11.6 Å². The Balaban J connectivity index is 2.48. The fraction of sp³-hybridized carbons (Fsp3) is 0.333. The van der Waals surface area contributed by atoms with E-state index in [2.05, 4.69) is 0 Å². The Morgan fingerprint density at radius 2 is 2.00 bits per heavy atom. The predicted molar refractivity (Wildman–Crippen MR) is 63.6 cm³/mol. The molecule has 1 heterocycles. The highest BCUT2D eigenvalue weighted by atomic mass is 19.2. The van der Waals surface area contributed by atoms with Gasteiger partial charge in [-0.15, -0.1) is 0 Å². The molecule has 1 aromatic rings. The largest absolute Gasteiger partial charge is 0.363 e. The number of hydrogen-bond donors (Lipinski definition) is 0. The molecule has 0 bridgehead atoms. The molecule has 0 atom stereocenters. The van der Waals surface area contributed by atoms with Gasteiger partial charge in [0.2, 0.25) is 5.82 Å². The van der Waals surface area contributed by atoms with Crippen molar-refractivity contribution in [2.45, 2.75) is 13.3 Å². The van der Waals surface area contributed by atoms with Gasteiger partial charge < -0.3 is 4.90 Å². The third-order valence-corrected chi connectivity index (χ3v) is 3.06. The molecule has 0 saturated carbocycles. The number of nitrogens with zero attached hydrogens (tertiary/aromatic N) is 2. The second kappa shape index (κ2) is 4.91. The van der Waals surface area contributed by atoms with E-state index in [1.165, 1.54) is 4.90 Å². The molecule has 19 heavy (non-hydrogen) atoms. The van der Waals surface area contributed by atoms with E-state index in [1.54, 1.807) is 6.08 Å². The van der Waals surface area contributed by atoms with E-state index in [0.29, 0.717) is 19.0 Å². The van der Waals surface area contributed by atoms with Crippen molar-refractivity contribution in [1.29, 1.82) is 0 Å². The molecule has 0 fully saturated rings. The maximum absolute atomic E-state index is 13.8. The van der Waals surface area contributed by atoms with Crippen molar-refractivity contribution in [3.8, 4) is 0 Å². The average Bonchev–Trinajstić information content (AvgIpc) is 2.36. The van der Waals surface area contributed by atoms with Crippen LogP contribution in [-0.2, 0) is 0 Å². The lowest BCUT2D eigenvalue weighted by Gasteiger charge is -2.28.